The molecule has 0 rings (SSSR count). The summed E-state index contributed by atoms with van der Waals surface area (Å²) in [7, 11) is -9.89. The molecular formula is C67H130O17P2. The van der Waals surface area contributed by atoms with Gasteiger partial charge in [0.2, 0.25) is 0 Å². The summed E-state index contributed by atoms with van der Waals surface area (Å²) in [4.78, 5) is 72.3. The Morgan fingerprint density at radius 1 is 0.314 bits per heavy atom. The zero-order chi connectivity index (χ0) is 63.5. The Hall–Kier alpha value is -1.94. The minimum absolute atomic E-state index is 0.104. The molecular weight excluding hydrogens is 1140 g/mol. The fourth-order valence-corrected chi connectivity index (χ4v) is 11.7. The van der Waals surface area contributed by atoms with Gasteiger partial charge < -0.3 is 33.8 Å². The summed E-state index contributed by atoms with van der Waals surface area (Å²) in [5, 5.41) is 10.6. The van der Waals surface area contributed by atoms with E-state index in [0.717, 1.165) is 89.9 Å². The van der Waals surface area contributed by atoms with Crippen molar-refractivity contribution in [2.75, 3.05) is 39.6 Å². The van der Waals surface area contributed by atoms with Crippen molar-refractivity contribution >= 4 is 39.5 Å². The highest BCUT2D eigenvalue weighted by molar-refractivity contribution is 7.47. The smallest absolute Gasteiger partial charge is 0.462 e. The largest absolute Gasteiger partial charge is 0.472 e. The quantitative estimate of drug-likeness (QED) is 0.0222. The van der Waals surface area contributed by atoms with Gasteiger partial charge in [-0.15, -0.1) is 0 Å². The van der Waals surface area contributed by atoms with Gasteiger partial charge in [0.25, 0.3) is 0 Å². The van der Waals surface area contributed by atoms with Crippen LogP contribution in [0.25, 0.3) is 0 Å². The Labute approximate surface area is 524 Å². The lowest BCUT2D eigenvalue weighted by molar-refractivity contribution is -0.161. The highest BCUT2D eigenvalue weighted by Crippen LogP contribution is 2.45. The SMILES string of the molecule is CCCCCCCCCCCCCCCCCCC(=O)O[C@H](COC(=O)CCCCCCCCCCCCC)COP(=O)(O)OC[C@@H](O)COP(=O)(O)OC[C@@H](COC(=O)CCCCCCCCCCC)OC(=O)CCCCCCCCCC(C)C. The summed E-state index contributed by atoms with van der Waals surface area (Å²) in [5.41, 5.74) is 0. The molecule has 0 aliphatic rings. The second-order valence-electron chi connectivity index (χ2n) is 24.7. The lowest BCUT2D eigenvalue weighted by atomic mass is 10.0. The number of unbranched alkanes of at least 4 members (excludes halogenated alkanes) is 39. The number of hydrogen-bond donors (Lipinski definition) is 3. The van der Waals surface area contributed by atoms with E-state index in [9.17, 15) is 43.2 Å². The highest BCUT2D eigenvalue weighted by atomic mass is 31.2. The molecule has 17 nitrogen and oxygen atoms in total. The van der Waals surface area contributed by atoms with Gasteiger partial charge in [-0.3, -0.25) is 37.3 Å². The zero-order valence-electron chi connectivity index (χ0n) is 55.4. The van der Waals surface area contributed by atoms with Gasteiger partial charge >= 0.3 is 39.5 Å². The number of hydrogen-bond acceptors (Lipinski definition) is 15. The first-order valence-electron chi connectivity index (χ1n) is 35.1. The molecule has 510 valence electrons. The number of rotatable bonds is 67. The van der Waals surface area contributed by atoms with E-state index in [1.807, 2.05) is 0 Å². The molecule has 0 saturated heterocycles. The lowest BCUT2D eigenvalue weighted by Gasteiger charge is -2.21. The molecule has 0 heterocycles. The molecule has 0 aliphatic heterocycles. The van der Waals surface area contributed by atoms with Crippen LogP contribution in [0.5, 0.6) is 0 Å². The van der Waals surface area contributed by atoms with Gasteiger partial charge in [-0.2, -0.15) is 0 Å². The number of phosphoric acid groups is 2. The summed E-state index contributed by atoms with van der Waals surface area (Å²) in [6.07, 6.45) is 45.8. The Morgan fingerprint density at radius 3 is 0.791 bits per heavy atom. The first-order valence-corrected chi connectivity index (χ1v) is 38.1. The van der Waals surface area contributed by atoms with Gasteiger partial charge in [0.15, 0.2) is 12.2 Å². The van der Waals surface area contributed by atoms with Gasteiger partial charge in [-0.1, -0.05) is 291 Å². The Morgan fingerprint density at radius 2 is 0.535 bits per heavy atom. The van der Waals surface area contributed by atoms with Gasteiger partial charge in [0.1, 0.15) is 19.3 Å². The molecule has 0 fully saturated rings. The molecule has 0 aromatic carbocycles. The first kappa shape index (κ1) is 84.1. The Kier molecular flexibility index (Phi) is 59.2. The third-order valence-electron chi connectivity index (χ3n) is 15.5. The molecule has 0 bridgehead atoms. The second-order valence-corrected chi connectivity index (χ2v) is 27.6. The van der Waals surface area contributed by atoms with Crippen LogP contribution in [-0.2, 0) is 65.4 Å². The first-order chi connectivity index (χ1) is 41.5. The summed E-state index contributed by atoms with van der Waals surface area (Å²) in [5.74, 6) is -1.43. The van der Waals surface area contributed by atoms with Gasteiger partial charge in [0.05, 0.1) is 26.4 Å². The molecule has 0 spiro atoms. The minimum atomic E-state index is -4.95. The third kappa shape index (κ3) is 60.9. The maximum Gasteiger partial charge on any atom is 0.472 e. The molecule has 19 heteroatoms. The molecule has 0 radical (unpaired) electrons. The van der Waals surface area contributed by atoms with Crippen LogP contribution in [0.15, 0.2) is 0 Å². The average Bonchev–Trinajstić information content (AvgIpc) is 3.66. The monoisotopic (exact) mass is 1270 g/mol. The summed E-state index contributed by atoms with van der Waals surface area (Å²) in [6, 6.07) is 0. The molecule has 3 N–H and O–H groups in total. The normalized spacial score (nSPS) is 14.2. The lowest BCUT2D eigenvalue weighted by Crippen LogP contribution is -2.30. The average molecular weight is 1270 g/mol. The van der Waals surface area contributed by atoms with Gasteiger partial charge in [-0.05, 0) is 31.6 Å². The van der Waals surface area contributed by atoms with Crippen LogP contribution in [0.3, 0.4) is 0 Å². The summed E-state index contributed by atoms with van der Waals surface area (Å²) < 4.78 is 68.1. The van der Waals surface area contributed by atoms with Crippen molar-refractivity contribution in [3.63, 3.8) is 0 Å². The van der Waals surface area contributed by atoms with E-state index in [1.54, 1.807) is 0 Å². The number of aliphatic hydroxyl groups is 1. The number of ether oxygens (including phenoxy) is 4. The zero-order valence-corrected chi connectivity index (χ0v) is 57.2. The number of aliphatic hydroxyl groups excluding tert-OH is 1. The predicted octanol–water partition coefficient (Wildman–Crippen LogP) is 19.0. The fourth-order valence-electron chi connectivity index (χ4n) is 10.1. The Bertz CT molecular complexity index is 1670. The third-order valence-corrected chi connectivity index (χ3v) is 17.4. The fraction of sp³-hybridized carbons (Fsp3) is 0.940. The molecule has 0 amide bonds. The standard InChI is InChI=1S/C67H130O17P2/c1-6-9-12-15-18-21-23-24-25-26-27-29-32-37-42-47-52-66(71)83-62(56-78-65(70)51-46-41-36-31-28-22-19-16-13-10-7-2)58-81-85(73,74)79-54-61(68)55-80-86(75,76)82-59-63(57-77-64(69)50-45-40-35-30-20-17-14-11-8-3)84-67(72)53-48-43-38-33-34-39-44-49-60(4)5/h60-63,68H,6-59H2,1-5H3,(H,73,74)(H,75,76)/t61-,62-,63-/m1/s1. The number of carbonyl (C=O) groups excluding carboxylic acids is 4. The van der Waals surface area contributed by atoms with Gasteiger partial charge in [-0.25, -0.2) is 9.13 Å². The second kappa shape index (κ2) is 60.6. The maximum absolute atomic E-state index is 13.0. The summed E-state index contributed by atoms with van der Waals surface area (Å²) in [6.45, 7) is 7.14. The number of phosphoric ester groups is 2. The van der Waals surface area contributed by atoms with Crippen LogP contribution < -0.4 is 0 Å². The van der Waals surface area contributed by atoms with Crippen LogP contribution in [0.2, 0.25) is 0 Å². The van der Waals surface area contributed by atoms with Crippen molar-refractivity contribution in [3.8, 4) is 0 Å². The van der Waals surface area contributed by atoms with E-state index in [2.05, 4.69) is 34.6 Å². The van der Waals surface area contributed by atoms with E-state index in [4.69, 9.17) is 37.0 Å². The molecule has 0 aromatic heterocycles. The van der Waals surface area contributed by atoms with Crippen LogP contribution in [0.4, 0.5) is 0 Å². The van der Waals surface area contributed by atoms with E-state index < -0.39 is 97.5 Å². The highest BCUT2D eigenvalue weighted by Gasteiger charge is 2.30. The number of esters is 4. The molecule has 86 heavy (non-hydrogen) atoms. The van der Waals surface area contributed by atoms with E-state index >= 15 is 0 Å². The molecule has 0 saturated carbocycles. The minimum Gasteiger partial charge on any atom is -0.462 e. The Balaban J connectivity index is 5.22. The van der Waals surface area contributed by atoms with Gasteiger partial charge in [0, 0.05) is 25.7 Å². The van der Waals surface area contributed by atoms with Crippen LogP contribution in [-0.4, -0.2) is 96.7 Å². The van der Waals surface area contributed by atoms with E-state index in [-0.39, 0.29) is 25.7 Å². The maximum atomic E-state index is 13.0. The van der Waals surface area contributed by atoms with E-state index in [1.165, 1.54) is 167 Å². The number of carbonyl (C=O) groups is 4. The molecule has 0 aromatic rings. The van der Waals surface area contributed by atoms with Crippen molar-refractivity contribution in [2.45, 2.75) is 361 Å². The topological polar surface area (TPSA) is 237 Å². The summed E-state index contributed by atoms with van der Waals surface area (Å²) >= 11 is 0. The van der Waals surface area contributed by atoms with Crippen LogP contribution in [0, 0.1) is 5.92 Å². The van der Waals surface area contributed by atoms with Crippen molar-refractivity contribution in [3.05, 3.63) is 0 Å². The predicted molar refractivity (Wildman–Crippen MR) is 345 cm³/mol. The molecule has 0 aliphatic carbocycles. The van der Waals surface area contributed by atoms with Crippen LogP contribution in [0.1, 0.15) is 343 Å². The van der Waals surface area contributed by atoms with Crippen molar-refractivity contribution < 1.29 is 80.2 Å². The van der Waals surface area contributed by atoms with E-state index in [0.29, 0.717) is 31.6 Å². The molecule has 2 unspecified atom stereocenters. The van der Waals surface area contributed by atoms with Crippen LogP contribution >= 0.6 is 15.6 Å². The van der Waals surface area contributed by atoms with Crippen molar-refractivity contribution in [1.82, 2.24) is 0 Å². The van der Waals surface area contributed by atoms with Crippen molar-refractivity contribution in [2.24, 2.45) is 5.92 Å². The van der Waals surface area contributed by atoms with Crippen molar-refractivity contribution in [1.29, 1.82) is 0 Å². The molecule has 5 atom stereocenters.